The molecule has 0 spiro atoms. The quantitative estimate of drug-likeness (QED) is 0.581. The molecule has 0 saturated heterocycles. The van der Waals surface area contributed by atoms with Crippen LogP contribution in [0.4, 0.5) is 5.69 Å². The number of aromatic nitrogens is 1. The van der Waals surface area contributed by atoms with Gasteiger partial charge in [0.1, 0.15) is 5.69 Å². The summed E-state index contributed by atoms with van der Waals surface area (Å²) >= 11 is 0. The van der Waals surface area contributed by atoms with E-state index in [1.807, 2.05) is 24.3 Å². The zero-order valence-corrected chi connectivity index (χ0v) is 12.6. The van der Waals surface area contributed by atoms with E-state index in [-0.39, 0.29) is 5.91 Å². The van der Waals surface area contributed by atoms with Crippen LogP contribution in [0, 0.1) is 0 Å². The number of hydrogen-bond donors (Lipinski definition) is 2. The van der Waals surface area contributed by atoms with Gasteiger partial charge in [0.05, 0.1) is 0 Å². The van der Waals surface area contributed by atoms with Crippen LogP contribution in [0.15, 0.2) is 61.3 Å². The summed E-state index contributed by atoms with van der Waals surface area (Å²) in [5.74, 6) is -0.143. The summed E-state index contributed by atoms with van der Waals surface area (Å²) in [6.45, 7) is 4.94. The molecule has 1 aromatic heterocycles. The minimum atomic E-state index is -0.143. The molecule has 0 aliphatic rings. The average Bonchev–Trinajstić information content (AvgIpc) is 2.58. The van der Waals surface area contributed by atoms with Gasteiger partial charge >= 0.3 is 0 Å². The molecule has 4 heteroatoms. The van der Waals surface area contributed by atoms with E-state index in [0.29, 0.717) is 18.8 Å². The highest BCUT2D eigenvalue weighted by Gasteiger charge is 2.07. The van der Waals surface area contributed by atoms with Crippen molar-refractivity contribution in [1.82, 2.24) is 10.3 Å². The number of nitrogens with one attached hydrogen (secondary N) is 2. The van der Waals surface area contributed by atoms with Gasteiger partial charge in [-0.3, -0.25) is 9.78 Å². The summed E-state index contributed by atoms with van der Waals surface area (Å²) < 4.78 is 0. The van der Waals surface area contributed by atoms with Gasteiger partial charge in [-0.25, -0.2) is 0 Å². The van der Waals surface area contributed by atoms with Gasteiger partial charge in [0, 0.05) is 25.0 Å². The Bertz CT molecular complexity index is 611. The molecule has 0 unspecified atom stereocenters. The van der Waals surface area contributed by atoms with Crippen LogP contribution in [0.3, 0.4) is 0 Å². The molecule has 0 aliphatic carbocycles. The monoisotopic (exact) mass is 295 g/mol. The number of carbonyl (C=O) groups excluding carboxylic acids is 1. The van der Waals surface area contributed by atoms with E-state index in [1.165, 1.54) is 5.56 Å². The number of benzene rings is 1. The van der Waals surface area contributed by atoms with Gasteiger partial charge in [0.2, 0.25) is 0 Å². The first-order chi connectivity index (χ1) is 10.8. The van der Waals surface area contributed by atoms with Gasteiger partial charge in [0.15, 0.2) is 0 Å². The summed E-state index contributed by atoms with van der Waals surface area (Å²) in [6.07, 6.45) is 5.26. The van der Waals surface area contributed by atoms with Gasteiger partial charge in [0.25, 0.3) is 5.91 Å². The zero-order chi connectivity index (χ0) is 15.6. The molecule has 114 valence electrons. The molecule has 1 aromatic carbocycles. The summed E-state index contributed by atoms with van der Waals surface area (Å²) in [5.41, 5.74) is 2.57. The van der Waals surface area contributed by atoms with Crippen molar-refractivity contribution in [3.63, 3.8) is 0 Å². The molecule has 0 atom stereocenters. The van der Waals surface area contributed by atoms with E-state index in [2.05, 4.69) is 34.3 Å². The van der Waals surface area contributed by atoms with Crippen molar-refractivity contribution in [2.75, 3.05) is 18.4 Å². The molecular formula is C18H21N3O. The Kier molecular flexibility index (Phi) is 6.18. The van der Waals surface area contributed by atoms with Crippen LogP contribution in [-0.2, 0) is 6.42 Å². The Morgan fingerprint density at radius 1 is 1.23 bits per heavy atom. The molecule has 0 radical (unpaired) electrons. The van der Waals surface area contributed by atoms with E-state index >= 15 is 0 Å². The molecule has 1 amide bonds. The minimum absolute atomic E-state index is 0.143. The van der Waals surface area contributed by atoms with Crippen molar-refractivity contribution in [3.05, 3.63) is 72.6 Å². The lowest BCUT2D eigenvalue weighted by atomic mass is 10.1. The van der Waals surface area contributed by atoms with Gasteiger partial charge < -0.3 is 10.6 Å². The van der Waals surface area contributed by atoms with Crippen molar-refractivity contribution in [3.8, 4) is 0 Å². The molecule has 2 N–H and O–H groups in total. The average molecular weight is 295 g/mol. The van der Waals surface area contributed by atoms with Crippen LogP contribution in [0.5, 0.6) is 0 Å². The normalized spacial score (nSPS) is 10.0. The van der Waals surface area contributed by atoms with Crippen molar-refractivity contribution in [2.45, 2.75) is 12.8 Å². The third-order valence-electron chi connectivity index (χ3n) is 3.21. The fraction of sp³-hybridized carbons (Fsp3) is 0.222. The van der Waals surface area contributed by atoms with Gasteiger partial charge in [-0.1, -0.05) is 36.4 Å². The Morgan fingerprint density at radius 2 is 2.05 bits per heavy atom. The van der Waals surface area contributed by atoms with Gasteiger partial charge in [-0.2, -0.15) is 0 Å². The summed E-state index contributed by atoms with van der Waals surface area (Å²) in [4.78, 5) is 16.2. The SMILES string of the molecule is C=CCNc1ccnc(C(=O)NCCCc2ccccc2)c1. The zero-order valence-electron chi connectivity index (χ0n) is 12.6. The highest BCUT2D eigenvalue weighted by Crippen LogP contribution is 2.07. The minimum Gasteiger partial charge on any atom is -0.381 e. The van der Waals surface area contributed by atoms with E-state index in [1.54, 1.807) is 18.3 Å². The number of hydrogen-bond acceptors (Lipinski definition) is 3. The largest absolute Gasteiger partial charge is 0.381 e. The maximum absolute atomic E-state index is 12.1. The molecule has 0 bridgehead atoms. The maximum Gasteiger partial charge on any atom is 0.269 e. The number of carbonyl (C=O) groups is 1. The Labute approximate surface area is 131 Å². The Hall–Kier alpha value is -2.62. The third-order valence-corrected chi connectivity index (χ3v) is 3.21. The highest BCUT2D eigenvalue weighted by atomic mass is 16.1. The molecule has 0 saturated carbocycles. The topological polar surface area (TPSA) is 54.0 Å². The Morgan fingerprint density at radius 3 is 2.82 bits per heavy atom. The first-order valence-electron chi connectivity index (χ1n) is 7.42. The first kappa shape index (κ1) is 15.8. The standard InChI is InChI=1S/C18H21N3O/c1-2-11-19-16-10-13-20-17(14-16)18(22)21-12-6-9-15-7-4-3-5-8-15/h2-5,7-8,10,13-14H,1,6,9,11-12H2,(H,19,20)(H,21,22). The van der Waals surface area contributed by atoms with Crippen LogP contribution in [-0.4, -0.2) is 24.0 Å². The molecule has 0 aliphatic heterocycles. The smallest absolute Gasteiger partial charge is 0.269 e. The maximum atomic E-state index is 12.1. The third kappa shape index (κ3) is 5.05. The number of amides is 1. The van der Waals surface area contributed by atoms with E-state index < -0.39 is 0 Å². The molecule has 2 aromatic rings. The summed E-state index contributed by atoms with van der Waals surface area (Å²) in [5, 5.41) is 6.04. The van der Waals surface area contributed by atoms with Crippen molar-refractivity contribution < 1.29 is 4.79 Å². The van der Waals surface area contributed by atoms with E-state index in [0.717, 1.165) is 18.5 Å². The van der Waals surface area contributed by atoms with E-state index in [9.17, 15) is 4.79 Å². The Balaban J connectivity index is 1.78. The molecule has 4 nitrogen and oxygen atoms in total. The second kappa shape index (κ2) is 8.62. The van der Waals surface area contributed by atoms with E-state index in [4.69, 9.17) is 0 Å². The van der Waals surface area contributed by atoms with Gasteiger partial charge in [-0.15, -0.1) is 6.58 Å². The van der Waals surface area contributed by atoms with Crippen LogP contribution in [0.2, 0.25) is 0 Å². The van der Waals surface area contributed by atoms with Crippen LogP contribution in [0.25, 0.3) is 0 Å². The lowest BCUT2D eigenvalue weighted by molar-refractivity contribution is 0.0948. The lowest BCUT2D eigenvalue weighted by Crippen LogP contribution is -2.25. The highest BCUT2D eigenvalue weighted by molar-refractivity contribution is 5.93. The second-order valence-electron chi connectivity index (χ2n) is 4.94. The van der Waals surface area contributed by atoms with Crippen LogP contribution < -0.4 is 10.6 Å². The van der Waals surface area contributed by atoms with Crippen LogP contribution >= 0.6 is 0 Å². The summed E-state index contributed by atoms with van der Waals surface area (Å²) in [7, 11) is 0. The molecular weight excluding hydrogens is 274 g/mol. The number of anilines is 1. The molecule has 1 heterocycles. The number of nitrogens with zero attached hydrogens (tertiary/aromatic N) is 1. The predicted molar refractivity (Wildman–Crippen MR) is 90.0 cm³/mol. The molecule has 2 rings (SSSR count). The summed E-state index contributed by atoms with van der Waals surface area (Å²) in [6, 6.07) is 13.8. The number of rotatable bonds is 8. The fourth-order valence-electron chi connectivity index (χ4n) is 2.08. The molecule has 22 heavy (non-hydrogen) atoms. The number of aryl methyl sites for hydroxylation is 1. The first-order valence-corrected chi connectivity index (χ1v) is 7.42. The second-order valence-corrected chi connectivity index (χ2v) is 4.94. The van der Waals surface area contributed by atoms with Crippen LogP contribution in [0.1, 0.15) is 22.5 Å². The number of pyridine rings is 1. The van der Waals surface area contributed by atoms with Crippen molar-refractivity contribution >= 4 is 11.6 Å². The van der Waals surface area contributed by atoms with Gasteiger partial charge in [-0.05, 0) is 30.5 Å². The van der Waals surface area contributed by atoms with Crippen molar-refractivity contribution in [1.29, 1.82) is 0 Å². The van der Waals surface area contributed by atoms with Crippen molar-refractivity contribution in [2.24, 2.45) is 0 Å². The predicted octanol–water partition coefficient (Wildman–Crippen LogP) is 3.04. The molecule has 0 fully saturated rings. The lowest BCUT2D eigenvalue weighted by Gasteiger charge is -2.07. The fourth-order valence-corrected chi connectivity index (χ4v) is 2.08.